The Morgan fingerprint density at radius 1 is 1.28 bits per heavy atom. The highest BCUT2D eigenvalue weighted by Gasteiger charge is 2.25. The van der Waals surface area contributed by atoms with Crippen molar-refractivity contribution in [3.63, 3.8) is 0 Å². The largest absolute Gasteiger partial charge is 0.339 e. The second-order valence-electron chi connectivity index (χ2n) is 4.39. The molecule has 1 aromatic carbocycles. The van der Waals surface area contributed by atoms with Crippen molar-refractivity contribution < 1.29 is 18.4 Å². The maximum absolute atomic E-state index is 13.5. The molecule has 5 heteroatoms. The van der Waals surface area contributed by atoms with Gasteiger partial charge in [-0.15, -0.1) is 0 Å². The lowest BCUT2D eigenvalue weighted by atomic mass is 9.98. The number of nitrogens with zero attached hydrogens (tertiary/aromatic N) is 1. The van der Waals surface area contributed by atoms with E-state index in [-0.39, 0.29) is 11.5 Å². The number of halogens is 2. The monoisotopic (exact) mass is 253 g/mol. The number of hydrogen-bond acceptors (Lipinski definition) is 2. The Morgan fingerprint density at radius 2 is 1.94 bits per heavy atom. The number of rotatable bonds is 2. The van der Waals surface area contributed by atoms with E-state index in [0.29, 0.717) is 32.0 Å². The quantitative estimate of drug-likeness (QED) is 0.756. The molecule has 0 aromatic heterocycles. The van der Waals surface area contributed by atoms with Crippen molar-refractivity contribution >= 4 is 12.2 Å². The van der Waals surface area contributed by atoms with E-state index in [0.717, 1.165) is 18.4 Å². The standard InChI is InChI=1S/C13H13F2NO2/c14-10-1-2-11(12(15)7-10)13(18)16-5-3-9(8-17)4-6-16/h1-2,7-9H,3-6H2. The van der Waals surface area contributed by atoms with Gasteiger partial charge in [0.25, 0.3) is 5.91 Å². The molecule has 1 heterocycles. The number of hydrogen-bond donors (Lipinski definition) is 0. The fraction of sp³-hybridized carbons (Fsp3) is 0.385. The molecule has 96 valence electrons. The lowest BCUT2D eigenvalue weighted by Gasteiger charge is -2.29. The first kappa shape index (κ1) is 12.7. The van der Waals surface area contributed by atoms with Gasteiger partial charge < -0.3 is 9.69 Å². The van der Waals surface area contributed by atoms with Crippen LogP contribution in [-0.2, 0) is 4.79 Å². The number of amides is 1. The minimum absolute atomic E-state index is 0.0212. The highest BCUT2D eigenvalue weighted by atomic mass is 19.1. The van der Waals surface area contributed by atoms with Crippen LogP contribution in [0.25, 0.3) is 0 Å². The third-order valence-corrected chi connectivity index (χ3v) is 3.18. The number of likely N-dealkylation sites (tertiary alicyclic amines) is 1. The van der Waals surface area contributed by atoms with Gasteiger partial charge in [0.1, 0.15) is 17.9 Å². The van der Waals surface area contributed by atoms with Gasteiger partial charge in [0.2, 0.25) is 0 Å². The first-order valence-electron chi connectivity index (χ1n) is 5.81. The smallest absolute Gasteiger partial charge is 0.256 e. The first-order chi connectivity index (χ1) is 8.61. The van der Waals surface area contributed by atoms with Crippen LogP contribution in [0.15, 0.2) is 18.2 Å². The minimum atomic E-state index is -0.850. The van der Waals surface area contributed by atoms with Gasteiger partial charge >= 0.3 is 0 Å². The summed E-state index contributed by atoms with van der Waals surface area (Å²) in [6.07, 6.45) is 2.08. The van der Waals surface area contributed by atoms with E-state index in [2.05, 4.69) is 0 Å². The zero-order valence-corrected chi connectivity index (χ0v) is 9.73. The van der Waals surface area contributed by atoms with E-state index in [4.69, 9.17) is 0 Å². The van der Waals surface area contributed by atoms with Crippen LogP contribution in [0, 0.1) is 17.6 Å². The molecule has 1 saturated heterocycles. The third-order valence-electron chi connectivity index (χ3n) is 3.18. The van der Waals surface area contributed by atoms with Gasteiger partial charge in [-0.2, -0.15) is 0 Å². The Balaban J connectivity index is 2.10. The molecule has 1 aromatic rings. The van der Waals surface area contributed by atoms with Crippen LogP contribution in [-0.4, -0.2) is 30.2 Å². The molecule has 18 heavy (non-hydrogen) atoms. The van der Waals surface area contributed by atoms with E-state index in [1.54, 1.807) is 0 Å². The molecule has 0 bridgehead atoms. The maximum Gasteiger partial charge on any atom is 0.256 e. The van der Waals surface area contributed by atoms with Crippen LogP contribution >= 0.6 is 0 Å². The summed E-state index contributed by atoms with van der Waals surface area (Å²) in [5.74, 6) is -2.02. The molecule has 1 amide bonds. The van der Waals surface area contributed by atoms with Crippen molar-refractivity contribution in [1.29, 1.82) is 0 Å². The van der Waals surface area contributed by atoms with E-state index in [1.165, 1.54) is 4.90 Å². The number of carbonyl (C=O) groups is 2. The first-order valence-corrected chi connectivity index (χ1v) is 5.81. The molecule has 2 rings (SSSR count). The Bertz CT molecular complexity index is 468. The van der Waals surface area contributed by atoms with Crippen molar-refractivity contribution in [3.8, 4) is 0 Å². The number of aldehydes is 1. The predicted octanol–water partition coefficient (Wildman–Crippen LogP) is 2.02. The molecular weight excluding hydrogens is 240 g/mol. The average molecular weight is 253 g/mol. The molecular formula is C13H13F2NO2. The van der Waals surface area contributed by atoms with Crippen molar-refractivity contribution in [3.05, 3.63) is 35.4 Å². The van der Waals surface area contributed by atoms with Gasteiger partial charge in [-0.3, -0.25) is 4.79 Å². The van der Waals surface area contributed by atoms with Crippen molar-refractivity contribution in [2.45, 2.75) is 12.8 Å². The molecule has 0 unspecified atom stereocenters. The molecule has 0 radical (unpaired) electrons. The van der Waals surface area contributed by atoms with Gasteiger partial charge in [-0.05, 0) is 25.0 Å². The van der Waals surface area contributed by atoms with Gasteiger partial charge in [-0.1, -0.05) is 0 Å². The average Bonchev–Trinajstić information content (AvgIpc) is 2.38. The summed E-state index contributed by atoms with van der Waals surface area (Å²) in [7, 11) is 0. The van der Waals surface area contributed by atoms with Gasteiger partial charge in [0, 0.05) is 25.1 Å². The van der Waals surface area contributed by atoms with Crippen LogP contribution in [0.3, 0.4) is 0 Å². The highest BCUT2D eigenvalue weighted by molar-refractivity contribution is 5.94. The molecule has 3 nitrogen and oxygen atoms in total. The summed E-state index contributed by atoms with van der Waals surface area (Å²) in [5.41, 5.74) is -0.124. The van der Waals surface area contributed by atoms with E-state index >= 15 is 0 Å². The number of benzene rings is 1. The minimum Gasteiger partial charge on any atom is -0.339 e. The lowest BCUT2D eigenvalue weighted by Crippen LogP contribution is -2.39. The van der Waals surface area contributed by atoms with Gasteiger partial charge in [-0.25, -0.2) is 8.78 Å². The predicted molar refractivity (Wildman–Crippen MR) is 61.0 cm³/mol. The summed E-state index contributed by atoms with van der Waals surface area (Å²) >= 11 is 0. The topological polar surface area (TPSA) is 37.4 Å². The Morgan fingerprint density at radius 3 is 2.50 bits per heavy atom. The molecule has 0 saturated carbocycles. The van der Waals surface area contributed by atoms with E-state index in [9.17, 15) is 18.4 Å². The Labute approximate surface area is 103 Å². The maximum atomic E-state index is 13.5. The normalized spacial score (nSPS) is 16.7. The highest BCUT2D eigenvalue weighted by Crippen LogP contribution is 2.19. The third kappa shape index (κ3) is 2.55. The lowest BCUT2D eigenvalue weighted by molar-refractivity contribution is -0.112. The second-order valence-corrected chi connectivity index (χ2v) is 4.39. The molecule has 0 spiro atoms. The molecule has 1 aliphatic rings. The molecule has 0 aliphatic carbocycles. The molecule has 0 N–H and O–H groups in total. The van der Waals surface area contributed by atoms with Crippen molar-refractivity contribution in [2.75, 3.05) is 13.1 Å². The zero-order valence-electron chi connectivity index (χ0n) is 9.73. The second kappa shape index (κ2) is 5.25. The Hall–Kier alpha value is -1.78. The SMILES string of the molecule is O=CC1CCN(C(=O)c2ccc(F)cc2F)CC1. The number of carbonyl (C=O) groups excluding carboxylic acids is 2. The molecule has 1 aliphatic heterocycles. The summed E-state index contributed by atoms with van der Waals surface area (Å²) in [4.78, 5) is 24.1. The fourth-order valence-electron chi connectivity index (χ4n) is 2.07. The van der Waals surface area contributed by atoms with Gasteiger partial charge in [0.15, 0.2) is 0 Å². The fourth-order valence-corrected chi connectivity index (χ4v) is 2.07. The van der Waals surface area contributed by atoms with E-state index < -0.39 is 17.5 Å². The zero-order chi connectivity index (χ0) is 13.1. The summed E-state index contributed by atoms with van der Waals surface area (Å²) < 4.78 is 26.2. The number of piperidine rings is 1. The summed E-state index contributed by atoms with van der Waals surface area (Å²) in [6.45, 7) is 0.859. The van der Waals surface area contributed by atoms with Crippen LogP contribution < -0.4 is 0 Å². The molecule has 0 atom stereocenters. The van der Waals surface area contributed by atoms with Crippen molar-refractivity contribution in [1.82, 2.24) is 4.90 Å². The van der Waals surface area contributed by atoms with E-state index in [1.807, 2.05) is 0 Å². The molecule has 1 fully saturated rings. The summed E-state index contributed by atoms with van der Waals surface area (Å²) in [6, 6.07) is 2.92. The van der Waals surface area contributed by atoms with Crippen LogP contribution in [0.5, 0.6) is 0 Å². The van der Waals surface area contributed by atoms with Crippen LogP contribution in [0.4, 0.5) is 8.78 Å². The Kier molecular flexibility index (Phi) is 3.69. The van der Waals surface area contributed by atoms with Crippen LogP contribution in [0.2, 0.25) is 0 Å². The van der Waals surface area contributed by atoms with Gasteiger partial charge in [0.05, 0.1) is 5.56 Å². The van der Waals surface area contributed by atoms with Crippen LogP contribution in [0.1, 0.15) is 23.2 Å². The van der Waals surface area contributed by atoms with Crippen molar-refractivity contribution in [2.24, 2.45) is 5.92 Å². The summed E-state index contributed by atoms with van der Waals surface area (Å²) in [5, 5.41) is 0.